The van der Waals surface area contributed by atoms with Crippen LogP contribution in [0.2, 0.25) is 0 Å². The van der Waals surface area contributed by atoms with E-state index < -0.39 is 0 Å². The third kappa shape index (κ3) is 1.97. The first-order chi connectivity index (χ1) is 7.31. The monoisotopic (exact) mass is 205 g/mol. The van der Waals surface area contributed by atoms with Gasteiger partial charge in [-0.05, 0) is 18.2 Å². The molecule has 1 amide bonds. The number of fused-ring (bicyclic) bond motifs is 1. The van der Waals surface area contributed by atoms with Crippen LogP contribution in [0.4, 0.5) is 0 Å². The fourth-order valence-corrected chi connectivity index (χ4v) is 1.36. The first-order valence-corrected chi connectivity index (χ1v) is 4.63. The van der Waals surface area contributed by atoms with Gasteiger partial charge < -0.3 is 10.4 Å². The highest BCUT2D eigenvalue weighted by Crippen LogP contribution is 2.12. The quantitative estimate of drug-likeness (QED) is 0.673. The molecule has 5 nitrogen and oxygen atoms in total. The average Bonchev–Trinajstić information content (AvgIpc) is 2.72. The van der Waals surface area contributed by atoms with Gasteiger partial charge in [0.25, 0.3) is 5.91 Å². The molecule has 0 fully saturated rings. The summed E-state index contributed by atoms with van der Waals surface area (Å²) in [4.78, 5) is 11.5. The van der Waals surface area contributed by atoms with Crippen molar-refractivity contribution < 1.29 is 9.90 Å². The SMILES string of the molecule is O=C(NCCO)c1ccc2[nH]ncc2c1. The first kappa shape index (κ1) is 9.67. The molecule has 0 aliphatic rings. The molecule has 5 heteroatoms. The van der Waals surface area contributed by atoms with Crippen LogP contribution in [0.5, 0.6) is 0 Å². The minimum absolute atomic E-state index is 0.0559. The maximum Gasteiger partial charge on any atom is 0.251 e. The second kappa shape index (κ2) is 4.10. The summed E-state index contributed by atoms with van der Waals surface area (Å²) >= 11 is 0. The van der Waals surface area contributed by atoms with Crippen molar-refractivity contribution in [1.29, 1.82) is 0 Å². The number of hydrogen-bond donors (Lipinski definition) is 3. The summed E-state index contributed by atoms with van der Waals surface area (Å²) in [5, 5.41) is 18.7. The standard InChI is InChI=1S/C10H11N3O2/c14-4-3-11-10(15)7-1-2-9-8(5-7)6-12-13-9/h1-2,5-6,14H,3-4H2,(H,11,15)(H,12,13). The maximum atomic E-state index is 11.5. The number of aliphatic hydroxyl groups is 1. The summed E-state index contributed by atoms with van der Waals surface area (Å²) in [5.41, 5.74) is 1.46. The molecule has 2 aromatic rings. The largest absolute Gasteiger partial charge is 0.395 e. The lowest BCUT2D eigenvalue weighted by Gasteiger charge is -2.02. The van der Waals surface area contributed by atoms with Crippen LogP contribution < -0.4 is 5.32 Å². The van der Waals surface area contributed by atoms with Crippen LogP contribution in [0.1, 0.15) is 10.4 Å². The Hall–Kier alpha value is -1.88. The van der Waals surface area contributed by atoms with Crippen LogP contribution in [0.3, 0.4) is 0 Å². The van der Waals surface area contributed by atoms with Crippen molar-refractivity contribution >= 4 is 16.8 Å². The number of nitrogens with zero attached hydrogens (tertiary/aromatic N) is 1. The normalized spacial score (nSPS) is 10.5. The number of rotatable bonds is 3. The van der Waals surface area contributed by atoms with Crippen molar-refractivity contribution in [2.24, 2.45) is 0 Å². The van der Waals surface area contributed by atoms with E-state index in [0.717, 1.165) is 10.9 Å². The summed E-state index contributed by atoms with van der Waals surface area (Å²) in [5.74, 6) is -0.188. The highest BCUT2D eigenvalue weighted by atomic mass is 16.3. The number of amides is 1. The number of hydrogen-bond acceptors (Lipinski definition) is 3. The lowest BCUT2D eigenvalue weighted by Crippen LogP contribution is -2.26. The van der Waals surface area contributed by atoms with E-state index in [1.54, 1.807) is 24.4 Å². The van der Waals surface area contributed by atoms with E-state index in [1.165, 1.54) is 0 Å². The predicted octanol–water partition coefficient (Wildman–Crippen LogP) is 0.285. The zero-order chi connectivity index (χ0) is 10.7. The Kier molecular flexibility index (Phi) is 2.64. The van der Waals surface area contributed by atoms with Crippen LogP contribution in [0, 0.1) is 0 Å². The number of aromatic amines is 1. The van der Waals surface area contributed by atoms with Crippen LogP contribution in [-0.4, -0.2) is 34.4 Å². The first-order valence-electron chi connectivity index (χ1n) is 4.63. The van der Waals surface area contributed by atoms with E-state index in [-0.39, 0.29) is 19.1 Å². The molecule has 2 rings (SSSR count). The van der Waals surface area contributed by atoms with E-state index in [9.17, 15) is 4.79 Å². The molecule has 0 spiro atoms. The Labute approximate surface area is 86.1 Å². The Bertz CT molecular complexity index is 478. The molecular formula is C10H11N3O2. The Balaban J connectivity index is 2.23. The third-order valence-electron chi connectivity index (χ3n) is 2.10. The van der Waals surface area contributed by atoms with E-state index in [1.807, 2.05) is 0 Å². The van der Waals surface area contributed by atoms with E-state index >= 15 is 0 Å². The number of benzene rings is 1. The molecule has 0 bridgehead atoms. The van der Waals surface area contributed by atoms with E-state index in [2.05, 4.69) is 15.5 Å². The third-order valence-corrected chi connectivity index (χ3v) is 2.10. The molecule has 0 radical (unpaired) electrons. The van der Waals surface area contributed by atoms with Crippen LogP contribution in [0.25, 0.3) is 10.9 Å². The number of aliphatic hydroxyl groups excluding tert-OH is 1. The van der Waals surface area contributed by atoms with Gasteiger partial charge in [-0.25, -0.2) is 0 Å². The lowest BCUT2D eigenvalue weighted by atomic mass is 10.1. The molecule has 15 heavy (non-hydrogen) atoms. The van der Waals surface area contributed by atoms with Crippen LogP contribution in [-0.2, 0) is 0 Å². The molecule has 1 heterocycles. The Morgan fingerprint density at radius 2 is 2.40 bits per heavy atom. The minimum Gasteiger partial charge on any atom is -0.395 e. The summed E-state index contributed by atoms with van der Waals surface area (Å²) in [6, 6.07) is 5.27. The Morgan fingerprint density at radius 3 is 3.20 bits per heavy atom. The van der Waals surface area contributed by atoms with Gasteiger partial charge >= 0.3 is 0 Å². The van der Waals surface area contributed by atoms with Crippen molar-refractivity contribution in [3.05, 3.63) is 30.0 Å². The maximum absolute atomic E-state index is 11.5. The van der Waals surface area contributed by atoms with Gasteiger partial charge in [0, 0.05) is 17.5 Å². The number of carbonyl (C=O) groups excluding carboxylic acids is 1. The molecule has 0 unspecified atom stereocenters. The van der Waals surface area contributed by atoms with Crippen molar-refractivity contribution in [1.82, 2.24) is 15.5 Å². The second-order valence-corrected chi connectivity index (χ2v) is 3.15. The highest BCUT2D eigenvalue weighted by Gasteiger charge is 2.05. The van der Waals surface area contributed by atoms with Crippen molar-refractivity contribution in [3.63, 3.8) is 0 Å². The number of aromatic nitrogens is 2. The van der Waals surface area contributed by atoms with Gasteiger partial charge in [-0.1, -0.05) is 0 Å². The smallest absolute Gasteiger partial charge is 0.251 e. The molecule has 1 aromatic carbocycles. The van der Waals surface area contributed by atoms with E-state index in [0.29, 0.717) is 5.56 Å². The molecule has 78 valence electrons. The zero-order valence-corrected chi connectivity index (χ0v) is 8.03. The summed E-state index contributed by atoms with van der Waals surface area (Å²) in [6.45, 7) is 0.210. The fourth-order valence-electron chi connectivity index (χ4n) is 1.36. The Morgan fingerprint density at radius 1 is 1.53 bits per heavy atom. The fraction of sp³-hybridized carbons (Fsp3) is 0.200. The van der Waals surface area contributed by atoms with E-state index in [4.69, 9.17) is 5.11 Å². The van der Waals surface area contributed by atoms with Crippen molar-refractivity contribution in [2.75, 3.05) is 13.2 Å². The van der Waals surface area contributed by atoms with Gasteiger partial charge in [-0.3, -0.25) is 9.89 Å². The van der Waals surface area contributed by atoms with Crippen molar-refractivity contribution in [3.8, 4) is 0 Å². The summed E-state index contributed by atoms with van der Waals surface area (Å²) in [7, 11) is 0. The predicted molar refractivity (Wildman–Crippen MR) is 55.5 cm³/mol. The highest BCUT2D eigenvalue weighted by molar-refractivity contribution is 5.97. The second-order valence-electron chi connectivity index (χ2n) is 3.15. The van der Waals surface area contributed by atoms with Gasteiger partial charge in [0.1, 0.15) is 0 Å². The molecule has 0 saturated heterocycles. The molecule has 3 N–H and O–H groups in total. The molecule has 0 saturated carbocycles. The zero-order valence-electron chi connectivity index (χ0n) is 8.03. The minimum atomic E-state index is -0.188. The number of nitrogens with one attached hydrogen (secondary N) is 2. The van der Waals surface area contributed by atoms with Gasteiger partial charge in [-0.15, -0.1) is 0 Å². The van der Waals surface area contributed by atoms with Crippen LogP contribution in [0.15, 0.2) is 24.4 Å². The van der Waals surface area contributed by atoms with Gasteiger partial charge in [-0.2, -0.15) is 5.10 Å². The summed E-state index contributed by atoms with van der Waals surface area (Å²) in [6.07, 6.45) is 1.66. The molecule has 0 aliphatic carbocycles. The number of carbonyl (C=O) groups is 1. The van der Waals surface area contributed by atoms with Gasteiger partial charge in [0.15, 0.2) is 0 Å². The number of H-pyrrole nitrogens is 1. The lowest BCUT2D eigenvalue weighted by molar-refractivity contribution is 0.0945. The average molecular weight is 205 g/mol. The van der Waals surface area contributed by atoms with Gasteiger partial charge in [0.2, 0.25) is 0 Å². The topological polar surface area (TPSA) is 78.0 Å². The molecule has 0 atom stereocenters. The molecule has 0 aliphatic heterocycles. The van der Waals surface area contributed by atoms with Gasteiger partial charge in [0.05, 0.1) is 18.3 Å². The molecule has 1 aromatic heterocycles. The molecular weight excluding hydrogens is 194 g/mol. The van der Waals surface area contributed by atoms with Crippen LogP contribution >= 0.6 is 0 Å². The van der Waals surface area contributed by atoms with Crippen molar-refractivity contribution in [2.45, 2.75) is 0 Å². The summed E-state index contributed by atoms with van der Waals surface area (Å²) < 4.78 is 0.